The Hall–Kier alpha value is -2.98. The molecule has 0 aliphatic carbocycles. The quantitative estimate of drug-likeness (QED) is 0.496. The minimum Gasteiger partial charge on any atom is -0.481 e. The van der Waals surface area contributed by atoms with Crippen LogP contribution in [0, 0.1) is 5.92 Å². The number of nitrogens with zero attached hydrogens (tertiary/aromatic N) is 1. The predicted molar refractivity (Wildman–Crippen MR) is 114 cm³/mol. The first-order valence-electron chi connectivity index (χ1n) is 10.2. The van der Waals surface area contributed by atoms with Crippen LogP contribution in [-0.2, 0) is 27.1 Å². The Balaban J connectivity index is 1.52. The van der Waals surface area contributed by atoms with Gasteiger partial charge in [-0.2, -0.15) is 18.1 Å². The summed E-state index contributed by atoms with van der Waals surface area (Å²) in [6, 6.07) is 9.03. The zero-order valence-electron chi connectivity index (χ0n) is 17.3. The van der Waals surface area contributed by atoms with Crippen LogP contribution in [0.5, 0.6) is 5.75 Å². The van der Waals surface area contributed by atoms with Gasteiger partial charge in [0.25, 0.3) is 0 Å². The molecule has 1 amide bonds. The number of carbonyl (C=O) groups excluding carboxylic acids is 1. The molecule has 1 N–H and O–H groups in total. The molecule has 0 bridgehead atoms. The lowest BCUT2D eigenvalue weighted by Crippen LogP contribution is -2.28. The van der Waals surface area contributed by atoms with Gasteiger partial charge in [0.15, 0.2) is 5.75 Å². The first-order chi connectivity index (χ1) is 15.7. The van der Waals surface area contributed by atoms with Crippen molar-refractivity contribution in [3.63, 3.8) is 0 Å². The summed E-state index contributed by atoms with van der Waals surface area (Å²) >= 11 is 0.999. The monoisotopic (exact) mass is 479 g/mol. The fraction of sp³-hybridized carbons (Fsp3) is 0.304. The van der Waals surface area contributed by atoms with E-state index < -0.39 is 29.5 Å². The molecule has 0 aromatic heterocycles. The molecule has 2 aliphatic heterocycles. The van der Waals surface area contributed by atoms with E-state index in [1.165, 1.54) is 29.2 Å². The molecule has 1 fully saturated rings. The lowest BCUT2D eigenvalue weighted by Gasteiger charge is -2.17. The van der Waals surface area contributed by atoms with Gasteiger partial charge in [0.2, 0.25) is 5.91 Å². The molecular weight excluding hydrogens is 459 g/mol. The summed E-state index contributed by atoms with van der Waals surface area (Å²) in [5.74, 6) is -1.44. The van der Waals surface area contributed by atoms with Gasteiger partial charge < -0.3 is 14.9 Å². The fourth-order valence-corrected chi connectivity index (χ4v) is 4.69. The first kappa shape index (κ1) is 23.2. The highest BCUT2D eigenvalue weighted by molar-refractivity contribution is 7.99. The molecule has 2 aromatic rings. The van der Waals surface area contributed by atoms with Gasteiger partial charge in [-0.15, -0.1) is 0 Å². The number of likely N-dealkylation sites (tertiary alicyclic amines) is 1. The van der Waals surface area contributed by atoms with Gasteiger partial charge in [-0.25, -0.2) is 0 Å². The summed E-state index contributed by atoms with van der Waals surface area (Å²) in [5, 5.41) is 9.04. The van der Waals surface area contributed by atoms with E-state index in [0.717, 1.165) is 23.4 Å². The highest BCUT2D eigenvalue weighted by Crippen LogP contribution is 2.41. The van der Waals surface area contributed by atoms with Crippen molar-refractivity contribution in [1.29, 1.82) is 0 Å². The van der Waals surface area contributed by atoms with Crippen LogP contribution in [0.25, 0.3) is 6.08 Å². The molecule has 33 heavy (non-hydrogen) atoms. The van der Waals surface area contributed by atoms with Crippen molar-refractivity contribution in [2.75, 3.05) is 19.7 Å². The zero-order valence-corrected chi connectivity index (χ0v) is 18.1. The van der Waals surface area contributed by atoms with E-state index >= 15 is 0 Å². The number of rotatable bonds is 5. The Bertz CT molecular complexity index is 1100. The van der Waals surface area contributed by atoms with E-state index in [2.05, 4.69) is 0 Å². The lowest BCUT2D eigenvalue weighted by atomic mass is 10.1. The Kier molecular flexibility index (Phi) is 6.66. The number of carboxylic acid groups (broad SMARTS) is 1. The van der Waals surface area contributed by atoms with Gasteiger partial charge in [-0.1, -0.05) is 17.8 Å². The van der Waals surface area contributed by atoms with Crippen molar-refractivity contribution in [3.05, 3.63) is 59.2 Å². The van der Waals surface area contributed by atoms with Crippen LogP contribution in [0.15, 0.2) is 52.3 Å². The minimum absolute atomic E-state index is 0.0442. The largest absolute Gasteiger partial charge is 0.481 e. The van der Waals surface area contributed by atoms with Gasteiger partial charge in [-0.3, -0.25) is 9.59 Å². The maximum Gasteiger partial charge on any atom is 0.417 e. The van der Waals surface area contributed by atoms with Crippen molar-refractivity contribution in [1.82, 2.24) is 4.90 Å². The molecule has 2 aromatic carbocycles. The Labute approximate surface area is 191 Å². The molecule has 0 radical (unpaired) electrons. The lowest BCUT2D eigenvalue weighted by molar-refractivity contribution is -0.215. The molecule has 10 heteroatoms. The average Bonchev–Trinajstić information content (AvgIpc) is 3.28. The average molecular weight is 479 g/mol. The van der Waals surface area contributed by atoms with E-state index in [4.69, 9.17) is 14.9 Å². The van der Waals surface area contributed by atoms with Crippen LogP contribution < -0.4 is 4.89 Å². The van der Waals surface area contributed by atoms with Crippen molar-refractivity contribution in [2.45, 2.75) is 28.8 Å². The summed E-state index contributed by atoms with van der Waals surface area (Å²) in [7, 11) is 0. The molecule has 6 nitrogen and oxygen atoms in total. The van der Waals surface area contributed by atoms with Crippen LogP contribution in [-0.4, -0.2) is 41.6 Å². The Morgan fingerprint density at radius 2 is 2.00 bits per heavy atom. The summed E-state index contributed by atoms with van der Waals surface area (Å²) in [6.45, 7) is 0.782. The molecule has 2 aliphatic rings. The van der Waals surface area contributed by atoms with Crippen molar-refractivity contribution in [3.8, 4) is 5.75 Å². The summed E-state index contributed by atoms with van der Waals surface area (Å²) < 4.78 is 41.3. The molecule has 1 atom stereocenters. The standard InChI is InChI=1S/C23H20F3NO5S/c24-23(25,26)18-11-14(2-6-21(28)27-9-7-16(13-27)22(29)30)1-5-20(18)33-17-3-4-19-15(12-17)8-10-31-32-19/h1-6,11-12,16H,7-10,13H2,(H,29,30). The third-order valence-electron chi connectivity index (χ3n) is 5.44. The predicted octanol–water partition coefficient (Wildman–Crippen LogP) is 4.67. The van der Waals surface area contributed by atoms with Gasteiger partial charge in [0.05, 0.1) is 18.1 Å². The van der Waals surface area contributed by atoms with Crippen LogP contribution in [0.3, 0.4) is 0 Å². The van der Waals surface area contributed by atoms with E-state index in [0.29, 0.717) is 36.6 Å². The normalized spacial score (nSPS) is 18.3. The van der Waals surface area contributed by atoms with Gasteiger partial charge in [0, 0.05) is 40.9 Å². The summed E-state index contributed by atoms with van der Waals surface area (Å²) in [5.41, 5.74) is 0.293. The van der Waals surface area contributed by atoms with Crippen LogP contribution >= 0.6 is 11.8 Å². The summed E-state index contributed by atoms with van der Waals surface area (Å²) in [6.07, 6.45) is -1.11. The smallest absolute Gasteiger partial charge is 0.417 e. The number of benzene rings is 2. The SMILES string of the molecule is O=C(O)C1CCN(C(=O)C=Cc2ccc(Sc3ccc4c(c3)CCOO4)c(C(F)(F)F)c2)C1. The number of halogens is 3. The van der Waals surface area contributed by atoms with Crippen LogP contribution in [0.1, 0.15) is 23.1 Å². The number of aliphatic carboxylic acids is 1. The number of carbonyl (C=O) groups is 2. The van der Waals surface area contributed by atoms with E-state index in [1.54, 1.807) is 18.2 Å². The maximum absolute atomic E-state index is 13.8. The van der Waals surface area contributed by atoms with Gasteiger partial charge >= 0.3 is 12.1 Å². The second-order valence-electron chi connectivity index (χ2n) is 7.72. The zero-order chi connectivity index (χ0) is 23.6. The number of hydrogen-bond acceptors (Lipinski definition) is 5. The molecule has 1 unspecified atom stereocenters. The van der Waals surface area contributed by atoms with Crippen LogP contribution in [0.4, 0.5) is 13.2 Å². The molecule has 0 spiro atoms. The Morgan fingerprint density at radius 1 is 1.18 bits per heavy atom. The van der Waals surface area contributed by atoms with E-state index in [-0.39, 0.29) is 17.0 Å². The van der Waals surface area contributed by atoms with E-state index in [1.807, 2.05) is 0 Å². The summed E-state index contributed by atoms with van der Waals surface area (Å²) in [4.78, 5) is 35.4. The number of fused-ring (bicyclic) bond motifs is 1. The second-order valence-corrected chi connectivity index (χ2v) is 8.84. The number of hydrogen-bond donors (Lipinski definition) is 1. The van der Waals surface area contributed by atoms with Gasteiger partial charge in [0.1, 0.15) is 0 Å². The van der Waals surface area contributed by atoms with Crippen molar-refractivity contribution < 1.29 is 37.6 Å². The topological polar surface area (TPSA) is 76.1 Å². The molecular formula is C23H20F3NO5S. The third kappa shape index (κ3) is 5.51. The number of alkyl halides is 3. The van der Waals surface area contributed by atoms with Crippen LogP contribution in [0.2, 0.25) is 0 Å². The number of amides is 1. The van der Waals surface area contributed by atoms with Crippen molar-refractivity contribution >= 4 is 29.7 Å². The molecule has 4 rings (SSSR count). The number of carboxylic acids is 1. The Morgan fingerprint density at radius 3 is 2.73 bits per heavy atom. The molecule has 1 saturated heterocycles. The van der Waals surface area contributed by atoms with Crippen molar-refractivity contribution in [2.24, 2.45) is 5.92 Å². The highest BCUT2D eigenvalue weighted by atomic mass is 32.2. The molecule has 2 heterocycles. The van der Waals surface area contributed by atoms with Gasteiger partial charge in [-0.05, 0) is 48.4 Å². The highest BCUT2D eigenvalue weighted by Gasteiger charge is 2.34. The first-order valence-corrected chi connectivity index (χ1v) is 11.0. The van der Waals surface area contributed by atoms with E-state index in [9.17, 15) is 22.8 Å². The maximum atomic E-state index is 13.8. The third-order valence-corrected chi connectivity index (χ3v) is 6.51. The molecule has 174 valence electrons. The second kappa shape index (κ2) is 9.48. The minimum atomic E-state index is -4.58. The molecule has 0 saturated carbocycles. The fourth-order valence-electron chi connectivity index (χ4n) is 3.68.